The quantitative estimate of drug-likeness (QED) is 0.798. The molecule has 0 aliphatic carbocycles. The summed E-state index contributed by atoms with van der Waals surface area (Å²) < 4.78 is 5.17. The van der Waals surface area contributed by atoms with Crippen molar-refractivity contribution in [2.45, 2.75) is 18.4 Å². The predicted molar refractivity (Wildman–Crippen MR) is 57.5 cm³/mol. The number of hydrogen-bond acceptors (Lipinski definition) is 3. The lowest BCUT2D eigenvalue weighted by molar-refractivity contribution is -0.123. The van der Waals surface area contributed by atoms with Crippen molar-refractivity contribution in [2.75, 3.05) is 13.2 Å². The van der Waals surface area contributed by atoms with E-state index in [1.807, 2.05) is 30.3 Å². The Morgan fingerprint density at radius 1 is 1.40 bits per heavy atom. The number of benzene rings is 1. The molecule has 1 aromatic rings. The molecular weight excluding hydrogens is 190 g/mol. The molecule has 0 bridgehead atoms. The van der Waals surface area contributed by atoms with Gasteiger partial charge in [0.1, 0.15) is 5.54 Å². The van der Waals surface area contributed by atoms with Gasteiger partial charge in [0.25, 0.3) is 0 Å². The van der Waals surface area contributed by atoms with E-state index >= 15 is 0 Å². The maximum absolute atomic E-state index is 11.9. The molecule has 1 fully saturated rings. The molecule has 1 aliphatic heterocycles. The van der Waals surface area contributed by atoms with Gasteiger partial charge in [0.15, 0.2) is 5.78 Å². The van der Waals surface area contributed by atoms with Crippen LogP contribution in [0.5, 0.6) is 0 Å². The number of hydrogen-bond donors (Lipinski definition) is 1. The Morgan fingerprint density at radius 3 is 2.73 bits per heavy atom. The van der Waals surface area contributed by atoms with E-state index in [0.29, 0.717) is 26.1 Å². The molecule has 2 rings (SSSR count). The standard InChI is InChI=1S/C12H15NO2/c13-12(6-7-15-9-12)11(14)8-10-4-2-1-3-5-10/h1-5H,6-9,13H2. The molecule has 1 unspecified atom stereocenters. The number of ketones is 1. The van der Waals surface area contributed by atoms with Crippen molar-refractivity contribution >= 4 is 5.78 Å². The first-order valence-electron chi connectivity index (χ1n) is 5.15. The number of ether oxygens (including phenoxy) is 1. The molecule has 0 spiro atoms. The van der Waals surface area contributed by atoms with E-state index in [2.05, 4.69) is 0 Å². The Morgan fingerprint density at radius 2 is 2.13 bits per heavy atom. The highest BCUT2D eigenvalue weighted by atomic mass is 16.5. The monoisotopic (exact) mass is 205 g/mol. The Balaban J connectivity index is 2.04. The third-order valence-corrected chi connectivity index (χ3v) is 2.81. The maximum atomic E-state index is 11.9. The van der Waals surface area contributed by atoms with Crippen molar-refractivity contribution in [3.63, 3.8) is 0 Å². The molecule has 1 aliphatic rings. The second-order valence-corrected chi connectivity index (χ2v) is 4.04. The highest BCUT2D eigenvalue weighted by Crippen LogP contribution is 2.18. The minimum Gasteiger partial charge on any atom is -0.379 e. The molecular formula is C12H15NO2. The average Bonchev–Trinajstić information content (AvgIpc) is 2.68. The van der Waals surface area contributed by atoms with E-state index in [1.165, 1.54) is 0 Å². The fourth-order valence-electron chi connectivity index (χ4n) is 1.76. The lowest BCUT2D eigenvalue weighted by Crippen LogP contribution is -2.49. The molecule has 1 heterocycles. The largest absolute Gasteiger partial charge is 0.379 e. The number of carbonyl (C=O) groups excluding carboxylic acids is 1. The van der Waals surface area contributed by atoms with E-state index in [9.17, 15) is 4.79 Å². The van der Waals surface area contributed by atoms with Gasteiger partial charge in [-0.15, -0.1) is 0 Å². The van der Waals surface area contributed by atoms with Crippen LogP contribution >= 0.6 is 0 Å². The van der Waals surface area contributed by atoms with Gasteiger partial charge in [0.05, 0.1) is 6.61 Å². The topological polar surface area (TPSA) is 52.3 Å². The maximum Gasteiger partial charge on any atom is 0.159 e. The number of rotatable bonds is 3. The molecule has 15 heavy (non-hydrogen) atoms. The molecule has 2 N–H and O–H groups in total. The first-order chi connectivity index (χ1) is 7.21. The summed E-state index contributed by atoms with van der Waals surface area (Å²) in [5.41, 5.74) is 6.23. The zero-order valence-electron chi connectivity index (χ0n) is 8.61. The third-order valence-electron chi connectivity index (χ3n) is 2.81. The fourth-order valence-corrected chi connectivity index (χ4v) is 1.76. The summed E-state index contributed by atoms with van der Waals surface area (Å²) in [4.78, 5) is 11.9. The lowest BCUT2D eigenvalue weighted by atomic mass is 9.90. The van der Waals surface area contributed by atoms with Gasteiger partial charge in [-0.05, 0) is 12.0 Å². The van der Waals surface area contributed by atoms with E-state index in [0.717, 1.165) is 5.56 Å². The Hall–Kier alpha value is -1.19. The molecule has 0 radical (unpaired) electrons. The van der Waals surface area contributed by atoms with Crippen LogP contribution in [0.3, 0.4) is 0 Å². The van der Waals surface area contributed by atoms with Gasteiger partial charge in [-0.1, -0.05) is 30.3 Å². The van der Waals surface area contributed by atoms with Crippen LogP contribution in [0.4, 0.5) is 0 Å². The van der Waals surface area contributed by atoms with Crippen molar-refractivity contribution in [1.29, 1.82) is 0 Å². The average molecular weight is 205 g/mol. The molecule has 0 amide bonds. The van der Waals surface area contributed by atoms with Crippen LogP contribution in [-0.4, -0.2) is 24.5 Å². The summed E-state index contributed by atoms with van der Waals surface area (Å²) in [5.74, 6) is 0.0752. The van der Waals surface area contributed by atoms with Crippen LogP contribution in [0.15, 0.2) is 30.3 Å². The molecule has 0 saturated carbocycles. The van der Waals surface area contributed by atoms with E-state index in [4.69, 9.17) is 10.5 Å². The van der Waals surface area contributed by atoms with Crippen LogP contribution in [0, 0.1) is 0 Å². The summed E-state index contributed by atoms with van der Waals surface area (Å²) in [6.45, 7) is 0.954. The van der Waals surface area contributed by atoms with Gasteiger partial charge in [0.2, 0.25) is 0 Å². The predicted octanol–water partition coefficient (Wildman–Crippen LogP) is 0.916. The smallest absolute Gasteiger partial charge is 0.159 e. The third kappa shape index (κ3) is 2.25. The Bertz CT molecular complexity index is 342. The molecule has 3 nitrogen and oxygen atoms in total. The van der Waals surface area contributed by atoms with Gasteiger partial charge < -0.3 is 10.5 Å². The van der Waals surface area contributed by atoms with Crippen molar-refractivity contribution in [2.24, 2.45) is 5.73 Å². The van der Waals surface area contributed by atoms with Gasteiger partial charge >= 0.3 is 0 Å². The summed E-state index contributed by atoms with van der Waals surface area (Å²) in [6, 6.07) is 9.67. The Labute approximate surface area is 89.2 Å². The molecule has 1 aromatic carbocycles. The van der Waals surface area contributed by atoms with Crippen molar-refractivity contribution in [3.05, 3.63) is 35.9 Å². The number of nitrogens with two attached hydrogens (primary N) is 1. The van der Waals surface area contributed by atoms with Crippen LogP contribution in [0.1, 0.15) is 12.0 Å². The van der Waals surface area contributed by atoms with Crippen molar-refractivity contribution in [3.8, 4) is 0 Å². The van der Waals surface area contributed by atoms with Crippen molar-refractivity contribution < 1.29 is 9.53 Å². The normalized spacial score (nSPS) is 25.4. The van der Waals surface area contributed by atoms with Crippen LogP contribution in [-0.2, 0) is 16.0 Å². The van der Waals surface area contributed by atoms with Crippen LogP contribution in [0.25, 0.3) is 0 Å². The highest BCUT2D eigenvalue weighted by Gasteiger charge is 2.37. The minimum atomic E-state index is -0.754. The second-order valence-electron chi connectivity index (χ2n) is 4.04. The second kappa shape index (κ2) is 4.13. The highest BCUT2D eigenvalue weighted by molar-refractivity contribution is 5.90. The molecule has 1 saturated heterocycles. The SMILES string of the molecule is NC1(C(=O)Cc2ccccc2)CCOC1. The van der Waals surface area contributed by atoms with E-state index in [1.54, 1.807) is 0 Å². The van der Waals surface area contributed by atoms with E-state index in [-0.39, 0.29) is 5.78 Å². The zero-order chi connectivity index (χ0) is 10.7. The molecule has 80 valence electrons. The van der Waals surface area contributed by atoms with Gasteiger partial charge in [0, 0.05) is 13.0 Å². The van der Waals surface area contributed by atoms with Gasteiger partial charge in [-0.25, -0.2) is 0 Å². The summed E-state index contributed by atoms with van der Waals surface area (Å²) >= 11 is 0. The molecule has 3 heteroatoms. The van der Waals surface area contributed by atoms with Gasteiger partial charge in [-0.3, -0.25) is 4.79 Å². The van der Waals surface area contributed by atoms with Gasteiger partial charge in [-0.2, -0.15) is 0 Å². The zero-order valence-corrected chi connectivity index (χ0v) is 8.61. The van der Waals surface area contributed by atoms with Crippen molar-refractivity contribution in [1.82, 2.24) is 0 Å². The van der Waals surface area contributed by atoms with Crippen LogP contribution < -0.4 is 5.73 Å². The van der Waals surface area contributed by atoms with Crippen LogP contribution in [0.2, 0.25) is 0 Å². The number of Topliss-reactive ketones (excluding diaryl/α,β-unsaturated/α-hetero) is 1. The lowest BCUT2D eigenvalue weighted by Gasteiger charge is -2.19. The summed E-state index contributed by atoms with van der Waals surface area (Å²) in [7, 11) is 0. The molecule has 0 aromatic heterocycles. The van der Waals surface area contributed by atoms with E-state index < -0.39 is 5.54 Å². The molecule has 1 atom stereocenters. The summed E-state index contributed by atoms with van der Waals surface area (Å²) in [6.07, 6.45) is 1.04. The first-order valence-corrected chi connectivity index (χ1v) is 5.15. The minimum absolute atomic E-state index is 0.0752. The Kier molecular flexibility index (Phi) is 2.84. The summed E-state index contributed by atoms with van der Waals surface area (Å²) in [5, 5.41) is 0. The number of carbonyl (C=O) groups is 1. The fraction of sp³-hybridized carbons (Fsp3) is 0.417. The first kappa shape index (κ1) is 10.3.